The third kappa shape index (κ3) is 7.60. The monoisotopic (exact) mass is 276 g/mol. The van der Waals surface area contributed by atoms with Crippen LogP contribution >= 0.6 is 0 Å². The van der Waals surface area contributed by atoms with Gasteiger partial charge in [-0.15, -0.1) is 0 Å². The van der Waals surface area contributed by atoms with E-state index in [9.17, 15) is 14.7 Å². The SMILES string of the molecule is CC(C)[C@H](N)C(O)N[C@@H](CCCNC(N)=O)C(=O)O. The number of hydrogen-bond acceptors (Lipinski definition) is 5. The van der Waals surface area contributed by atoms with Gasteiger partial charge in [0.05, 0.1) is 0 Å². The van der Waals surface area contributed by atoms with Gasteiger partial charge >= 0.3 is 12.0 Å². The zero-order valence-electron chi connectivity index (χ0n) is 11.3. The van der Waals surface area contributed by atoms with E-state index in [1.54, 1.807) is 0 Å². The number of rotatable bonds is 9. The molecule has 0 fully saturated rings. The average molecular weight is 276 g/mol. The molecule has 0 aliphatic rings. The summed E-state index contributed by atoms with van der Waals surface area (Å²) in [5.41, 5.74) is 10.6. The summed E-state index contributed by atoms with van der Waals surface area (Å²) in [6, 6.07) is -2.12. The van der Waals surface area contributed by atoms with Gasteiger partial charge in [0.15, 0.2) is 0 Å². The summed E-state index contributed by atoms with van der Waals surface area (Å²) in [6.07, 6.45) is -0.418. The number of aliphatic hydroxyl groups excluding tert-OH is 1. The van der Waals surface area contributed by atoms with Crippen LogP contribution in [0.15, 0.2) is 0 Å². The summed E-state index contributed by atoms with van der Waals surface area (Å²) >= 11 is 0. The van der Waals surface area contributed by atoms with Gasteiger partial charge < -0.3 is 27.0 Å². The number of carboxylic acids is 1. The van der Waals surface area contributed by atoms with Gasteiger partial charge in [-0.1, -0.05) is 13.8 Å². The van der Waals surface area contributed by atoms with Crippen LogP contribution in [0.1, 0.15) is 26.7 Å². The van der Waals surface area contributed by atoms with Gasteiger partial charge in [-0.2, -0.15) is 0 Å². The summed E-state index contributed by atoms with van der Waals surface area (Å²) in [5.74, 6) is -1.05. The molecule has 3 atom stereocenters. The maximum atomic E-state index is 11.0. The average Bonchev–Trinajstić information content (AvgIpc) is 2.30. The lowest BCUT2D eigenvalue weighted by Crippen LogP contribution is -2.53. The number of carbonyl (C=O) groups excluding carboxylic acids is 1. The molecule has 0 bridgehead atoms. The molecule has 0 spiro atoms. The first-order valence-electron chi connectivity index (χ1n) is 6.21. The summed E-state index contributed by atoms with van der Waals surface area (Å²) in [7, 11) is 0. The Labute approximate surface area is 112 Å². The number of nitrogens with one attached hydrogen (secondary N) is 2. The van der Waals surface area contributed by atoms with E-state index in [1.165, 1.54) is 0 Å². The Hall–Kier alpha value is -1.38. The molecule has 8 nitrogen and oxygen atoms in total. The van der Waals surface area contributed by atoms with Crippen LogP contribution in [0.5, 0.6) is 0 Å². The molecule has 2 amide bonds. The molecule has 0 heterocycles. The molecule has 0 aromatic rings. The molecule has 1 unspecified atom stereocenters. The highest BCUT2D eigenvalue weighted by molar-refractivity contribution is 5.73. The molecule has 0 radical (unpaired) electrons. The van der Waals surface area contributed by atoms with Gasteiger partial charge in [0.1, 0.15) is 12.3 Å². The number of amides is 2. The van der Waals surface area contributed by atoms with Crippen LogP contribution in [-0.2, 0) is 4.79 Å². The standard InChI is InChI=1S/C11H24N4O4/c1-6(2)8(12)9(16)15-7(10(17)18)4-3-5-14-11(13)19/h6-9,15-16H,3-5,12H2,1-2H3,(H,17,18)(H3,13,14,19)/t7-,8-,9?/m0/s1. The molecule has 8 heteroatoms. The lowest BCUT2D eigenvalue weighted by Gasteiger charge is -2.26. The Kier molecular flexibility index (Phi) is 8.05. The Morgan fingerprint density at radius 3 is 2.32 bits per heavy atom. The molecule has 19 heavy (non-hydrogen) atoms. The molecule has 112 valence electrons. The quantitative estimate of drug-likeness (QED) is 0.229. The fourth-order valence-electron chi connectivity index (χ4n) is 1.48. The topological polar surface area (TPSA) is 151 Å². The Bertz CT molecular complexity index is 298. The zero-order valence-corrected chi connectivity index (χ0v) is 11.3. The van der Waals surface area contributed by atoms with Crippen molar-refractivity contribution in [2.75, 3.05) is 6.54 Å². The van der Waals surface area contributed by atoms with Gasteiger partial charge in [-0.05, 0) is 18.8 Å². The number of primary amides is 1. The summed E-state index contributed by atoms with van der Waals surface area (Å²) in [5, 5.41) is 23.7. The molecule has 0 rings (SSSR count). The van der Waals surface area contributed by atoms with Crippen LogP contribution in [0.25, 0.3) is 0 Å². The van der Waals surface area contributed by atoms with E-state index in [1.807, 2.05) is 13.8 Å². The summed E-state index contributed by atoms with van der Waals surface area (Å²) in [6.45, 7) is 3.96. The van der Waals surface area contributed by atoms with Crippen molar-refractivity contribution in [3.63, 3.8) is 0 Å². The second kappa shape index (κ2) is 8.68. The predicted octanol–water partition coefficient (Wildman–Crippen LogP) is -1.22. The van der Waals surface area contributed by atoms with Gasteiger partial charge in [0, 0.05) is 12.6 Å². The Morgan fingerprint density at radius 2 is 1.89 bits per heavy atom. The highest BCUT2D eigenvalue weighted by atomic mass is 16.4. The van der Waals surface area contributed by atoms with Crippen LogP contribution in [-0.4, -0.2) is 47.1 Å². The fourth-order valence-corrected chi connectivity index (χ4v) is 1.48. The van der Waals surface area contributed by atoms with Gasteiger partial charge in [0.25, 0.3) is 0 Å². The third-order valence-electron chi connectivity index (χ3n) is 2.77. The van der Waals surface area contributed by atoms with Crippen molar-refractivity contribution >= 4 is 12.0 Å². The van der Waals surface area contributed by atoms with Crippen molar-refractivity contribution in [3.05, 3.63) is 0 Å². The molecule has 0 saturated carbocycles. The van der Waals surface area contributed by atoms with Crippen molar-refractivity contribution in [2.45, 2.75) is 45.0 Å². The largest absolute Gasteiger partial charge is 0.480 e. The number of urea groups is 1. The minimum Gasteiger partial charge on any atom is -0.480 e. The summed E-state index contributed by atoms with van der Waals surface area (Å²) < 4.78 is 0. The van der Waals surface area contributed by atoms with E-state index < -0.39 is 30.3 Å². The highest BCUT2D eigenvalue weighted by Gasteiger charge is 2.25. The van der Waals surface area contributed by atoms with Crippen LogP contribution in [0.3, 0.4) is 0 Å². The van der Waals surface area contributed by atoms with Crippen molar-refractivity contribution in [1.82, 2.24) is 10.6 Å². The van der Waals surface area contributed by atoms with E-state index in [2.05, 4.69) is 10.6 Å². The van der Waals surface area contributed by atoms with Gasteiger partial charge in [-0.25, -0.2) is 4.79 Å². The molecular formula is C11H24N4O4. The zero-order chi connectivity index (χ0) is 15.0. The molecule has 8 N–H and O–H groups in total. The number of carbonyl (C=O) groups is 2. The van der Waals surface area contributed by atoms with Crippen molar-refractivity contribution in [2.24, 2.45) is 17.4 Å². The van der Waals surface area contributed by atoms with E-state index >= 15 is 0 Å². The lowest BCUT2D eigenvalue weighted by molar-refractivity contribution is -0.141. The number of aliphatic hydroxyl groups is 1. The van der Waals surface area contributed by atoms with E-state index in [-0.39, 0.29) is 18.9 Å². The van der Waals surface area contributed by atoms with Crippen molar-refractivity contribution < 1.29 is 19.8 Å². The first-order valence-corrected chi connectivity index (χ1v) is 6.21. The highest BCUT2D eigenvalue weighted by Crippen LogP contribution is 2.05. The minimum atomic E-state index is -1.09. The van der Waals surface area contributed by atoms with Crippen LogP contribution in [0.2, 0.25) is 0 Å². The lowest BCUT2D eigenvalue weighted by atomic mass is 10.0. The fraction of sp³-hybridized carbons (Fsp3) is 0.818. The molecule has 0 aliphatic heterocycles. The maximum absolute atomic E-state index is 11.0. The van der Waals surface area contributed by atoms with Gasteiger partial charge in [0.2, 0.25) is 0 Å². The molecule has 0 aromatic heterocycles. The van der Waals surface area contributed by atoms with E-state index in [0.717, 1.165) is 0 Å². The smallest absolute Gasteiger partial charge is 0.320 e. The second-order valence-corrected chi connectivity index (χ2v) is 4.76. The number of nitrogens with two attached hydrogens (primary N) is 2. The van der Waals surface area contributed by atoms with Gasteiger partial charge in [-0.3, -0.25) is 10.1 Å². The van der Waals surface area contributed by atoms with Crippen molar-refractivity contribution in [3.8, 4) is 0 Å². The minimum absolute atomic E-state index is 0.0217. The molecular weight excluding hydrogens is 252 g/mol. The molecule has 0 saturated heterocycles. The Balaban J connectivity index is 4.19. The van der Waals surface area contributed by atoms with Crippen LogP contribution in [0.4, 0.5) is 4.79 Å². The molecule has 0 aliphatic carbocycles. The first kappa shape index (κ1) is 17.6. The van der Waals surface area contributed by atoms with Crippen molar-refractivity contribution in [1.29, 1.82) is 0 Å². The number of hydrogen-bond donors (Lipinski definition) is 6. The normalized spacial score (nSPS) is 15.8. The van der Waals surface area contributed by atoms with E-state index in [0.29, 0.717) is 6.42 Å². The van der Waals surface area contributed by atoms with Crippen LogP contribution in [0, 0.1) is 5.92 Å². The predicted molar refractivity (Wildman–Crippen MR) is 70.2 cm³/mol. The van der Waals surface area contributed by atoms with E-state index in [4.69, 9.17) is 16.6 Å². The van der Waals surface area contributed by atoms with Crippen LogP contribution < -0.4 is 22.1 Å². The second-order valence-electron chi connectivity index (χ2n) is 4.76. The number of carboxylic acid groups (broad SMARTS) is 1. The Morgan fingerprint density at radius 1 is 1.32 bits per heavy atom. The molecule has 0 aromatic carbocycles. The first-order chi connectivity index (χ1) is 8.75. The summed E-state index contributed by atoms with van der Waals surface area (Å²) in [4.78, 5) is 21.5. The maximum Gasteiger partial charge on any atom is 0.320 e. The number of aliphatic carboxylic acids is 1. The third-order valence-corrected chi connectivity index (χ3v) is 2.77.